The molecule has 0 aromatic heterocycles. The molecule has 2 rings (SSSR count). The Labute approximate surface area is 237 Å². The molecule has 0 saturated heterocycles. The van der Waals surface area contributed by atoms with Crippen LogP contribution >= 0.6 is 0 Å². The van der Waals surface area contributed by atoms with Gasteiger partial charge in [-0.1, -0.05) is 72.8 Å². The van der Waals surface area contributed by atoms with Crippen molar-refractivity contribution >= 4 is 17.8 Å². The Bertz CT molecular complexity index is 1040. The molecule has 0 aliphatic rings. The summed E-state index contributed by atoms with van der Waals surface area (Å²) in [6.45, 7) is 8.12. The van der Waals surface area contributed by atoms with Crippen LogP contribution in [0.5, 0.6) is 0 Å². The zero-order chi connectivity index (χ0) is 29.0. The van der Waals surface area contributed by atoms with E-state index < -0.39 is 12.0 Å². The van der Waals surface area contributed by atoms with Crippen molar-refractivity contribution < 1.29 is 29.0 Å². The average molecular weight is 551 g/mol. The van der Waals surface area contributed by atoms with Gasteiger partial charge < -0.3 is 25.2 Å². The number of carbonyl (C=O) groups excluding carboxylic acids is 3. The Morgan fingerprint density at radius 1 is 0.925 bits per heavy atom. The van der Waals surface area contributed by atoms with Crippen molar-refractivity contribution in [1.29, 1.82) is 0 Å². The van der Waals surface area contributed by atoms with Gasteiger partial charge in [-0.05, 0) is 36.8 Å². The molecule has 40 heavy (non-hydrogen) atoms. The Hall–Kier alpha value is -3.75. The highest BCUT2D eigenvalue weighted by Gasteiger charge is 2.26. The smallest absolute Gasteiger partial charge is 0.309 e. The summed E-state index contributed by atoms with van der Waals surface area (Å²) in [5.41, 5.74) is 1.84. The summed E-state index contributed by atoms with van der Waals surface area (Å²) < 4.78 is 10.9. The number of allylic oxidation sites excluding steroid dienone is 2. The maximum atomic E-state index is 13.3. The van der Waals surface area contributed by atoms with E-state index in [1.165, 1.54) is 0 Å². The van der Waals surface area contributed by atoms with Gasteiger partial charge in [0.2, 0.25) is 11.8 Å². The zero-order valence-electron chi connectivity index (χ0n) is 23.1. The van der Waals surface area contributed by atoms with Gasteiger partial charge in [-0.25, -0.2) is 0 Å². The molecule has 0 aliphatic heterocycles. The topological polar surface area (TPSA) is 114 Å². The molecule has 0 aliphatic carbocycles. The van der Waals surface area contributed by atoms with Gasteiger partial charge >= 0.3 is 5.97 Å². The van der Waals surface area contributed by atoms with Gasteiger partial charge in [0.05, 0.1) is 37.7 Å². The maximum absolute atomic E-state index is 13.3. The van der Waals surface area contributed by atoms with E-state index in [0.29, 0.717) is 25.7 Å². The van der Waals surface area contributed by atoms with Crippen molar-refractivity contribution in [2.75, 3.05) is 33.0 Å². The summed E-state index contributed by atoms with van der Waals surface area (Å²) in [6, 6.07) is 18.5. The highest BCUT2D eigenvalue weighted by molar-refractivity contribution is 5.86. The third-order valence-electron chi connectivity index (χ3n) is 6.35. The molecular formula is C32H42N2O6. The number of nitrogens with one attached hydrogen (secondary N) is 2. The highest BCUT2D eigenvalue weighted by Crippen LogP contribution is 2.20. The van der Waals surface area contributed by atoms with E-state index in [9.17, 15) is 14.4 Å². The Morgan fingerprint density at radius 2 is 1.62 bits per heavy atom. The third kappa shape index (κ3) is 12.4. The molecule has 0 bridgehead atoms. The Kier molecular flexibility index (Phi) is 15.7. The van der Waals surface area contributed by atoms with Crippen molar-refractivity contribution in [3.8, 4) is 0 Å². The summed E-state index contributed by atoms with van der Waals surface area (Å²) in [4.78, 5) is 38.9. The lowest BCUT2D eigenvalue weighted by molar-refractivity contribution is -0.150. The van der Waals surface area contributed by atoms with Crippen molar-refractivity contribution in [2.24, 2.45) is 11.8 Å². The van der Waals surface area contributed by atoms with Crippen LogP contribution in [0.15, 0.2) is 86.0 Å². The number of aliphatic hydroxyl groups excluding tert-OH is 1. The predicted octanol–water partition coefficient (Wildman–Crippen LogP) is 3.92. The van der Waals surface area contributed by atoms with Crippen LogP contribution in [0.4, 0.5) is 0 Å². The van der Waals surface area contributed by atoms with Crippen LogP contribution in [0.3, 0.4) is 0 Å². The fourth-order valence-corrected chi connectivity index (χ4v) is 4.21. The fourth-order valence-electron chi connectivity index (χ4n) is 4.21. The largest absolute Gasteiger partial charge is 0.463 e. The quantitative estimate of drug-likeness (QED) is 0.131. The van der Waals surface area contributed by atoms with Crippen molar-refractivity contribution in [2.45, 2.75) is 38.1 Å². The van der Waals surface area contributed by atoms with Crippen LogP contribution in [0, 0.1) is 11.8 Å². The number of amides is 2. The van der Waals surface area contributed by atoms with Crippen molar-refractivity contribution in [1.82, 2.24) is 10.6 Å². The van der Waals surface area contributed by atoms with Gasteiger partial charge in [-0.3, -0.25) is 14.4 Å². The molecule has 0 heterocycles. The van der Waals surface area contributed by atoms with Gasteiger partial charge in [0.25, 0.3) is 0 Å². The van der Waals surface area contributed by atoms with Gasteiger partial charge in [-0.2, -0.15) is 0 Å². The first kappa shape index (κ1) is 32.5. The van der Waals surface area contributed by atoms with Crippen LogP contribution in [0.2, 0.25) is 0 Å². The molecule has 2 aromatic carbocycles. The number of hydrogen-bond acceptors (Lipinski definition) is 6. The maximum Gasteiger partial charge on any atom is 0.309 e. The minimum Gasteiger partial charge on any atom is -0.463 e. The van der Waals surface area contributed by atoms with Crippen LogP contribution in [-0.2, 0) is 30.3 Å². The molecule has 2 amide bonds. The zero-order valence-corrected chi connectivity index (χ0v) is 23.1. The first-order chi connectivity index (χ1) is 19.5. The first-order valence-electron chi connectivity index (χ1n) is 13.7. The lowest BCUT2D eigenvalue weighted by atomic mass is 9.95. The summed E-state index contributed by atoms with van der Waals surface area (Å²) in [5.74, 6) is -1.93. The number of carbonyl (C=O) groups is 3. The van der Waals surface area contributed by atoms with E-state index in [2.05, 4.69) is 23.8 Å². The van der Waals surface area contributed by atoms with E-state index in [1.54, 1.807) is 12.2 Å². The molecule has 216 valence electrons. The lowest BCUT2D eigenvalue weighted by Crippen LogP contribution is -2.39. The van der Waals surface area contributed by atoms with E-state index in [-0.39, 0.29) is 63.1 Å². The molecule has 3 atom stereocenters. The third-order valence-corrected chi connectivity index (χ3v) is 6.35. The molecule has 3 unspecified atom stereocenters. The van der Waals surface area contributed by atoms with Crippen LogP contribution < -0.4 is 10.6 Å². The van der Waals surface area contributed by atoms with Gasteiger partial charge in [0.1, 0.15) is 6.61 Å². The molecule has 3 N–H and O–H groups in total. The summed E-state index contributed by atoms with van der Waals surface area (Å²) in [5, 5.41) is 14.5. The van der Waals surface area contributed by atoms with Gasteiger partial charge in [-0.15, -0.1) is 13.2 Å². The van der Waals surface area contributed by atoms with E-state index in [0.717, 1.165) is 11.1 Å². The second kappa shape index (κ2) is 19.3. The summed E-state index contributed by atoms with van der Waals surface area (Å²) >= 11 is 0. The summed E-state index contributed by atoms with van der Waals surface area (Å²) in [6.07, 6.45) is 5.52. The monoisotopic (exact) mass is 550 g/mol. The molecule has 8 heteroatoms. The fraction of sp³-hybridized carbons (Fsp3) is 0.406. The standard InChI is InChI=1S/C32H42N2O6/c1-3-5-15-28(22-25-13-8-6-9-14-25)32(38)40-24-29(26-16-10-7-11-17-26)34-31(37)27(12-4-2)23-30(36)33-18-20-39-21-19-35/h3-4,6-11,13-14,16-17,27-29,35H,1-2,5,12,15,18-24H2,(H,33,36)(H,34,37). The normalized spacial score (nSPS) is 12.9. The lowest BCUT2D eigenvalue weighted by Gasteiger charge is -2.24. The average Bonchev–Trinajstić information content (AvgIpc) is 2.97. The van der Waals surface area contributed by atoms with E-state index in [1.807, 2.05) is 60.7 Å². The molecule has 0 fully saturated rings. The van der Waals surface area contributed by atoms with Gasteiger partial charge in [0, 0.05) is 13.0 Å². The Morgan fingerprint density at radius 3 is 2.27 bits per heavy atom. The number of esters is 1. The minimum absolute atomic E-state index is 0.0279. The second-order valence-corrected chi connectivity index (χ2v) is 9.47. The Balaban J connectivity index is 2.05. The molecule has 0 radical (unpaired) electrons. The minimum atomic E-state index is -0.642. The number of hydrogen-bond donors (Lipinski definition) is 3. The first-order valence-corrected chi connectivity index (χ1v) is 13.7. The number of ether oxygens (including phenoxy) is 2. The summed E-state index contributed by atoms with van der Waals surface area (Å²) in [7, 11) is 0. The van der Waals surface area contributed by atoms with E-state index >= 15 is 0 Å². The second-order valence-electron chi connectivity index (χ2n) is 9.47. The number of aliphatic hydroxyl groups is 1. The van der Waals surface area contributed by atoms with Crippen LogP contribution in [0.25, 0.3) is 0 Å². The predicted molar refractivity (Wildman–Crippen MR) is 155 cm³/mol. The molecule has 8 nitrogen and oxygen atoms in total. The number of rotatable bonds is 20. The van der Waals surface area contributed by atoms with Crippen molar-refractivity contribution in [3.05, 3.63) is 97.1 Å². The van der Waals surface area contributed by atoms with Crippen LogP contribution in [0.1, 0.15) is 42.9 Å². The number of benzene rings is 2. The van der Waals surface area contributed by atoms with Gasteiger partial charge in [0.15, 0.2) is 0 Å². The van der Waals surface area contributed by atoms with Crippen molar-refractivity contribution in [3.63, 3.8) is 0 Å². The highest BCUT2D eigenvalue weighted by atomic mass is 16.5. The molecule has 0 spiro atoms. The molecule has 2 aromatic rings. The SMILES string of the molecule is C=CCCC(Cc1ccccc1)C(=O)OCC(NC(=O)C(CC=C)CC(=O)NCCOCCO)c1ccccc1. The molecular weight excluding hydrogens is 508 g/mol. The van der Waals surface area contributed by atoms with Crippen LogP contribution in [-0.4, -0.2) is 55.9 Å². The molecule has 0 saturated carbocycles. The van der Waals surface area contributed by atoms with E-state index in [4.69, 9.17) is 14.6 Å².